The first-order chi connectivity index (χ1) is 14.9. The molecule has 0 saturated carbocycles. The van der Waals surface area contributed by atoms with Crippen molar-refractivity contribution in [3.05, 3.63) is 100 Å². The van der Waals surface area contributed by atoms with Crippen molar-refractivity contribution >= 4 is 23.1 Å². The highest BCUT2D eigenvalue weighted by Crippen LogP contribution is 2.38. The van der Waals surface area contributed by atoms with Crippen LogP contribution in [-0.4, -0.2) is 15.9 Å². The number of amides is 1. The number of aliphatic hydroxyl groups excluding tert-OH is 1. The van der Waals surface area contributed by atoms with Gasteiger partial charge in [-0.15, -0.1) is 0 Å². The van der Waals surface area contributed by atoms with Crippen LogP contribution in [0.3, 0.4) is 0 Å². The molecule has 0 unspecified atom stereocenters. The van der Waals surface area contributed by atoms with Crippen LogP contribution in [0.4, 0.5) is 17.6 Å². The van der Waals surface area contributed by atoms with Gasteiger partial charge in [-0.05, 0) is 55.3 Å². The van der Waals surface area contributed by atoms with Gasteiger partial charge in [0.05, 0.1) is 11.1 Å². The number of hydrogen-bond acceptors (Lipinski definition) is 2. The first kappa shape index (κ1) is 23.3. The number of rotatable bonds is 3. The number of benzene rings is 2. The summed E-state index contributed by atoms with van der Waals surface area (Å²) in [7, 11) is 0. The zero-order valence-electron chi connectivity index (χ0n) is 17.1. The minimum Gasteiger partial charge on any atom is -0.512 e. The molecule has 0 atom stereocenters. The first-order valence-electron chi connectivity index (χ1n) is 9.36. The van der Waals surface area contributed by atoms with Gasteiger partial charge < -0.3 is 5.11 Å². The average Bonchev–Trinajstić information content (AvgIpc) is 2.70. The number of alkyl halides is 3. The fourth-order valence-corrected chi connectivity index (χ4v) is 3.53. The predicted octanol–water partition coefficient (Wildman–Crippen LogP) is 7.27. The molecular formula is C24H18ClF4NO2. The van der Waals surface area contributed by atoms with E-state index in [0.717, 1.165) is 23.8 Å². The lowest BCUT2D eigenvalue weighted by molar-refractivity contribution is -0.137. The third kappa shape index (κ3) is 4.48. The van der Waals surface area contributed by atoms with Crippen molar-refractivity contribution in [2.75, 3.05) is 0 Å². The summed E-state index contributed by atoms with van der Waals surface area (Å²) in [5.74, 6) is -1.67. The lowest BCUT2D eigenvalue weighted by Gasteiger charge is -2.25. The summed E-state index contributed by atoms with van der Waals surface area (Å²) >= 11 is 6.03. The molecule has 0 aliphatic carbocycles. The largest absolute Gasteiger partial charge is 0.512 e. The summed E-state index contributed by atoms with van der Waals surface area (Å²) in [6.07, 6.45) is 0.293. The molecule has 1 aliphatic heterocycles. The highest BCUT2D eigenvalue weighted by molar-refractivity contribution is 6.33. The molecule has 0 saturated heterocycles. The van der Waals surface area contributed by atoms with Crippen molar-refractivity contribution < 1.29 is 27.5 Å². The topological polar surface area (TPSA) is 40.5 Å². The zero-order chi connectivity index (χ0) is 23.8. The first-order valence-corrected chi connectivity index (χ1v) is 9.74. The second-order valence-electron chi connectivity index (χ2n) is 7.16. The van der Waals surface area contributed by atoms with Crippen molar-refractivity contribution in [3.63, 3.8) is 0 Å². The highest BCUT2D eigenvalue weighted by atomic mass is 35.5. The Balaban J connectivity index is 2.08. The Labute approximate surface area is 187 Å². The summed E-state index contributed by atoms with van der Waals surface area (Å²) < 4.78 is 53.4. The third-order valence-corrected chi connectivity index (χ3v) is 5.28. The quantitative estimate of drug-likeness (QED) is 0.295. The number of nitrogens with zero attached hydrogens (tertiary/aromatic N) is 1. The van der Waals surface area contributed by atoms with Gasteiger partial charge in [-0.1, -0.05) is 36.4 Å². The molecule has 32 heavy (non-hydrogen) atoms. The van der Waals surface area contributed by atoms with Gasteiger partial charge in [0.2, 0.25) is 0 Å². The lowest BCUT2D eigenvalue weighted by atomic mass is 9.96. The van der Waals surface area contributed by atoms with E-state index in [2.05, 4.69) is 6.58 Å². The van der Waals surface area contributed by atoms with Crippen molar-refractivity contribution in [1.29, 1.82) is 0 Å². The minimum atomic E-state index is -4.60. The maximum Gasteiger partial charge on any atom is 0.416 e. The molecule has 0 bridgehead atoms. The molecule has 0 spiro atoms. The van der Waals surface area contributed by atoms with Gasteiger partial charge in [-0.3, -0.25) is 9.69 Å². The molecule has 1 heterocycles. The molecule has 166 valence electrons. The number of allylic oxidation sites excluding steroid dienone is 4. The highest BCUT2D eigenvalue weighted by Gasteiger charge is 2.31. The Morgan fingerprint density at radius 1 is 1.12 bits per heavy atom. The van der Waals surface area contributed by atoms with Crippen LogP contribution in [0.2, 0.25) is 5.02 Å². The second kappa shape index (κ2) is 8.67. The van der Waals surface area contributed by atoms with Crippen LogP contribution in [-0.2, 0) is 11.0 Å². The Hall–Kier alpha value is -3.32. The van der Waals surface area contributed by atoms with Crippen molar-refractivity contribution in [2.24, 2.45) is 0 Å². The number of hydrogen-bond donors (Lipinski definition) is 1. The second-order valence-corrected chi connectivity index (χ2v) is 7.57. The van der Waals surface area contributed by atoms with E-state index in [4.69, 9.17) is 11.6 Å². The van der Waals surface area contributed by atoms with Gasteiger partial charge in [0.1, 0.15) is 11.6 Å². The number of halogens is 5. The van der Waals surface area contributed by atoms with Crippen molar-refractivity contribution in [2.45, 2.75) is 20.0 Å². The molecule has 3 nitrogen and oxygen atoms in total. The van der Waals surface area contributed by atoms with Gasteiger partial charge in [-0.25, -0.2) is 4.39 Å². The number of carbonyl (C=O) groups is 1. The van der Waals surface area contributed by atoms with Crippen molar-refractivity contribution in [1.82, 2.24) is 4.90 Å². The average molecular weight is 464 g/mol. The van der Waals surface area contributed by atoms with E-state index in [0.29, 0.717) is 11.8 Å². The third-order valence-electron chi connectivity index (χ3n) is 4.96. The molecule has 0 radical (unpaired) electrons. The maximum atomic E-state index is 14.6. The predicted molar refractivity (Wildman–Crippen MR) is 116 cm³/mol. The van der Waals surface area contributed by atoms with E-state index in [9.17, 15) is 27.5 Å². The fraction of sp³-hybridized carbons (Fsp3) is 0.125. The summed E-state index contributed by atoms with van der Waals surface area (Å²) in [5, 5.41) is 9.94. The molecule has 1 amide bonds. The lowest BCUT2D eigenvalue weighted by Crippen LogP contribution is -2.28. The standard InChI is InChI=1S/C24H18ClF4NO2/c1-13-5-4-10-30(14(13)2)23(32)22(15(3)31)16-6-9-21(26)19(11-16)18-8-7-17(12-20(18)25)24(27,28)29/h4-12,31H,2H2,1,3H3/b22-15+. The van der Waals surface area contributed by atoms with E-state index < -0.39 is 23.5 Å². The maximum absolute atomic E-state index is 14.6. The SMILES string of the molecule is C=C1C(C)=CC=CN1C(=O)/C(=C(\C)O)c1ccc(F)c(-c2ccc(C(F)(F)F)cc2Cl)c1. The van der Waals surface area contributed by atoms with Gasteiger partial charge >= 0.3 is 6.18 Å². The van der Waals surface area contributed by atoms with Crippen molar-refractivity contribution in [3.8, 4) is 11.1 Å². The molecule has 2 aromatic carbocycles. The zero-order valence-corrected chi connectivity index (χ0v) is 17.9. The molecule has 0 aromatic heterocycles. The normalized spacial score (nSPS) is 14.9. The van der Waals surface area contributed by atoms with E-state index in [1.54, 1.807) is 19.1 Å². The van der Waals surface area contributed by atoms with Gasteiger partial charge in [-0.2, -0.15) is 13.2 Å². The van der Waals surface area contributed by atoms with Crippen LogP contribution >= 0.6 is 11.6 Å². The van der Waals surface area contributed by atoms with E-state index >= 15 is 0 Å². The van der Waals surface area contributed by atoms with Crippen LogP contribution in [0.5, 0.6) is 0 Å². The number of aliphatic hydroxyl groups is 1. The summed E-state index contributed by atoms with van der Waals surface area (Å²) in [4.78, 5) is 14.4. The van der Waals surface area contributed by atoms with Crippen LogP contribution in [0.15, 0.2) is 78.4 Å². The van der Waals surface area contributed by atoms with Gasteiger partial charge in [0.25, 0.3) is 5.91 Å². The van der Waals surface area contributed by atoms with Crippen LogP contribution in [0.1, 0.15) is 25.0 Å². The molecule has 8 heteroatoms. The molecule has 1 N–H and O–H groups in total. The molecule has 2 aromatic rings. The Kier molecular flexibility index (Phi) is 6.32. The van der Waals surface area contributed by atoms with Gasteiger partial charge in [0, 0.05) is 28.0 Å². The van der Waals surface area contributed by atoms with E-state index in [1.807, 2.05) is 0 Å². The summed E-state index contributed by atoms with van der Waals surface area (Å²) in [5.41, 5.74) is 0.130. The van der Waals surface area contributed by atoms with Crippen LogP contribution in [0, 0.1) is 5.82 Å². The molecule has 0 fully saturated rings. The molecule has 3 rings (SSSR count). The Morgan fingerprint density at radius 3 is 2.41 bits per heavy atom. The number of carbonyl (C=O) groups excluding carboxylic acids is 1. The Bertz CT molecular complexity index is 1200. The Morgan fingerprint density at radius 2 is 1.81 bits per heavy atom. The monoisotopic (exact) mass is 463 g/mol. The minimum absolute atomic E-state index is 0.0162. The van der Waals surface area contributed by atoms with E-state index in [-0.39, 0.29) is 33.0 Å². The van der Waals surface area contributed by atoms with Crippen LogP contribution in [0.25, 0.3) is 16.7 Å². The molecular weight excluding hydrogens is 446 g/mol. The van der Waals surface area contributed by atoms with Gasteiger partial charge in [0.15, 0.2) is 0 Å². The molecule has 1 aliphatic rings. The van der Waals surface area contributed by atoms with Crippen LogP contribution < -0.4 is 0 Å². The summed E-state index contributed by atoms with van der Waals surface area (Å²) in [6, 6.07) is 6.18. The smallest absolute Gasteiger partial charge is 0.416 e. The van der Waals surface area contributed by atoms with E-state index in [1.165, 1.54) is 30.2 Å². The fourth-order valence-electron chi connectivity index (χ4n) is 3.24. The summed E-state index contributed by atoms with van der Waals surface area (Å²) in [6.45, 7) is 6.94.